The van der Waals surface area contributed by atoms with Crippen LogP contribution in [0.4, 0.5) is 13.2 Å². The number of halogens is 3. The van der Waals surface area contributed by atoms with Crippen LogP contribution in [0, 0.1) is 5.41 Å². The van der Waals surface area contributed by atoms with Crippen molar-refractivity contribution < 1.29 is 37.0 Å². The number of rotatable bonds is 9. The van der Waals surface area contributed by atoms with Crippen molar-refractivity contribution in [2.45, 2.75) is 45.6 Å². The van der Waals surface area contributed by atoms with E-state index in [4.69, 9.17) is 9.47 Å². The molecule has 2 rings (SSSR count). The zero-order chi connectivity index (χ0) is 22.2. The van der Waals surface area contributed by atoms with Crippen LogP contribution in [0.1, 0.15) is 32.3 Å². The van der Waals surface area contributed by atoms with E-state index >= 15 is 0 Å². The Bertz CT molecular complexity index is 786. The number of ether oxygens (including phenoxy) is 3. The maximum absolute atomic E-state index is 12.6. The Balaban J connectivity index is 2.07. The van der Waals surface area contributed by atoms with Gasteiger partial charge in [-0.1, -0.05) is 36.4 Å². The number of carbonyl (C=O) groups excluding carboxylic acids is 2. The van der Waals surface area contributed by atoms with Crippen LogP contribution in [0.3, 0.4) is 0 Å². The Morgan fingerprint density at radius 1 is 1.27 bits per heavy atom. The molecule has 5 nitrogen and oxygen atoms in total. The van der Waals surface area contributed by atoms with E-state index in [-0.39, 0.29) is 19.0 Å². The van der Waals surface area contributed by atoms with Crippen molar-refractivity contribution in [1.29, 1.82) is 0 Å². The number of ketones is 1. The molecule has 0 N–H and O–H groups in total. The lowest BCUT2D eigenvalue weighted by molar-refractivity contribution is -0.204. The quantitative estimate of drug-likeness (QED) is 0.429. The highest BCUT2D eigenvalue weighted by Crippen LogP contribution is 2.34. The average Bonchev–Trinajstić information content (AvgIpc) is 2.69. The first-order valence-electron chi connectivity index (χ1n) is 9.60. The van der Waals surface area contributed by atoms with Gasteiger partial charge in [0.1, 0.15) is 6.10 Å². The van der Waals surface area contributed by atoms with Crippen molar-refractivity contribution >= 4 is 11.8 Å². The molecule has 0 radical (unpaired) electrons. The second kappa shape index (κ2) is 10.4. The number of benzene rings is 1. The van der Waals surface area contributed by atoms with Gasteiger partial charge in [-0.05, 0) is 31.9 Å². The minimum Gasteiger partial charge on any atom is -0.498 e. The van der Waals surface area contributed by atoms with Crippen LogP contribution >= 0.6 is 0 Å². The number of allylic oxidation sites excluding steroid dienone is 3. The molecule has 1 aliphatic rings. The summed E-state index contributed by atoms with van der Waals surface area (Å²) in [5.41, 5.74) is -0.103. The Labute approximate surface area is 173 Å². The van der Waals surface area contributed by atoms with Gasteiger partial charge in [-0.15, -0.1) is 0 Å². The zero-order valence-corrected chi connectivity index (χ0v) is 16.9. The molecular weight excluding hydrogens is 401 g/mol. The topological polar surface area (TPSA) is 61.8 Å². The maximum Gasteiger partial charge on any atom is 0.490 e. The van der Waals surface area contributed by atoms with E-state index in [0.717, 1.165) is 5.56 Å². The second-order valence-corrected chi connectivity index (χ2v) is 7.13. The van der Waals surface area contributed by atoms with E-state index in [1.807, 2.05) is 13.0 Å². The fraction of sp³-hybridized carbons (Fsp3) is 0.455. The highest BCUT2D eigenvalue weighted by molar-refractivity contribution is 5.97. The molecule has 0 bridgehead atoms. The lowest BCUT2D eigenvalue weighted by Crippen LogP contribution is -2.33. The third kappa shape index (κ3) is 7.02. The minimum absolute atomic E-state index is 0.144. The predicted octanol–water partition coefficient (Wildman–Crippen LogP) is 4.52. The van der Waals surface area contributed by atoms with Crippen LogP contribution in [0.25, 0.3) is 0 Å². The van der Waals surface area contributed by atoms with Gasteiger partial charge in [-0.25, -0.2) is 4.79 Å². The molecule has 1 aromatic rings. The fourth-order valence-electron chi connectivity index (χ4n) is 2.87. The SMILES string of the molecule is CCOC1=CC(=O)[C@](C)(/C=C/[C@H](COCc2ccccc2)OC(=O)C(F)(F)F)CC1. The second-order valence-electron chi connectivity index (χ2n) is 7.13. The lowest BCUT2D eigenvalue weighted by Gasteiger charge is -2.28. The number of hydrogen-bond acceptors (Lipinski definition) is 5. The highest BCUT2D eigenvalue weighted by atomic mass is 19.4. The molecule has 0 amide bonds. The molecule has 0 aromatic heterocycles. The summed E-state index contributed by atoms with van der Waals surface area (Å²) in [6, 6.07) is 9.04. The summed E-state index contributed by atoms with van der Waals surface area (Å²) in [7, 11) is 0. The van der Waals surface area contributed by atoms with Gasteiger partial charge in [0, 0.05) is 17.9 Å². The largest absolute Gasteiger partial charge is 0.498 e. The van der Waals surface area contributed by atoms with E-state index in [2.05, 4.69) is 4.74 Å². The molecule has 164 valence electrons. The molecule has 2 atom stereocenters. The summed E-state index contributed by atoms with van der Waals surface area (Å²) in [5.74, 6) is -1.95. The van der Waals surface area contributed by atoms with Crippen LogP contribution in [0.15, 0.2) is 54.3 Å². The maximum atomic E-state index is 12.6. The molecule has 0 spiro atoms. The standard InChI is InChI=1S/C22H25F3O5/c1-3-29-17-9-11-21(2,19(26)13-17)12-10-18(30-20(27)22(23,24)25)15-28-14-16-7-5-4-6-8-16/h4-8,10,12-13,18H,3,9,11,14-15H2,1-2H3/b12-10+/t18-,21+/m1/s1. The summed E-state index contributed by atoms with van der Waals surface area (Å²) in [6.07, 6.45) is -1.28. The van der Waals surface area contributed by atoms with Gasteiger partial charge < -0.3 is 14.2 Å². The first-order chi connectivity index (χ1) is 14.1. The van der Waals surface area contributed by atoms with E-state index in [9.17, 15) is 22.8 Å². The van der Waals surface area contributed by atoms with Gasteiger partial charge in [0.15, 0.2) is 5.78 Å². The normalized spacial score (nSPS) is 20.7. The Hall–Kier alpha value is -2.61. The van der Waals surface area contributed by atoms with Gasteiger partial charge in [0.2, 0.25) is 0 Å². The minimum atomic E-state index is -5.12. The Kier molecular flexibility index (Phi) is 8.23. The van der Waals surface area contributed by atoms with E-state index in [1.165, 1.54) is 18.2 Å². The summed E-state index contributed by atoms with van der Waals surface area (Å²) in [4.78, 5) is 23.8. The summed E-state index contributed by atoms with van der Waals surface area (Å²) in [5, 5.41) is 0. The third-order valence-corrected chi connectivity index (χ3v) is 4.64. The van der Waals surface area contributed by atoms with E-state index in [1.54, 1.807) is 31.2 Å². The molecular formula is C22H25F3O5. The predicted molar refractivity (Wildman–Crippen MR) is 103 cm³/mol. The highest BCUT2D eigenvalue weighted by Gasteiger charge is 2.42. The summed E-state index contributed by atoms with van der Waals surface area (Å²) < 4.78 is 53.2. The van der Waals surface area contributed by atoms with E-state index < -0.39 is 23.7 Å². The Morgan fingerprint density at radius 2 is 1.97 bits per heavy atom. The summed E-state index contributed by atoms with van der Waals surface area (Å²) in [6.45, 7) is 3.80. The van der Waals surface area contributed by atoms with Crippen LogP contribution in [-0.4, -0.2) is 37.2 Å². The van der Waals surface area contributed by atoms with Crippen LogP contribution in [0.2, 0.25) is 0 Å². The first-order valence-corrected chi connectivity index (χ1v) is 9.60. The smallest absolute Gasteiger partial charge is 0.490 e. The van der Waals surface area contributed by atoms with Crippen molar-refractivity contribution in [3.05, 3.63) is 59.9 Å². The molecule has 0 aliphatic heterocycles. The fourth-order valence-corrected chi connectivity index (χ4v) is 2.87. The third-order valence-electron chi connectivity index (χ3n) is 4.64. The van der Waals surface area contributed by atoms with Gasteiger partial charge in [-0.3, -0.25) is 4.79 Å². The monoisotopic (exact) mass is 426 g/mol. The number of carbonyl (C=O) groups is 2. The van der Waals surface area contributed by atoms with Crippen molar-refractivity contribution in [3.63, 3.8) is 0 Å². The first kappa shape index (κ1) is 23.7. The van der Waals surface area contributed by atoms with Crippen molar-refractivity contribution in [3.8, 4) is 0 Å². The molecule has 1 aromatic carbocycles. The molecule has 0 unspecified atom stereocenters. The lowest BCUT2D eigenvalue weighted by atomic mass is 9.77. The number of hydrogen-bond donors (Lipinski definition) is 0. The van der Waals surface area contributed by atoms with Crippen LogP contribution in [-0.2, 0) is 30.4 Å². The molecule has 30 heavy (non-hydrogen) atoms. The average molecular weight is 426 g/mol. The number of alkyl halides is 3. The molecule has 0 saturated carbocycles. The molecule has 0 heterocycles. The van der Waals surface area contributed by atoms with Gasteiger partial charge in [0.05, 0.1) is 25.6 Å². The molecule has 1 aliphatic carbocycles. The molecule has 0 saturated heterocycles. The summed E-state index contributed by atoms with van der Waals surface area (Å²) >= 11 is 0. The van der Waals surface area contributed by atoms with E-state index in [0.29, 0.717) is 25.2 Å². The van der Waals surface area contributed by atoms with Crippen LogP contribution < -0.4 is 0 Å². The zero-order valence-electron chi connectivity index (χ0n) is 16.9. The van der Waals surface area contributed by atoms with Crippen molar-refractivity contribution in [2.24, 2.45) is 5.41 Å². The van der Waals surface area contributed by atoms with Gasteiger partial charge in [-0.2, -0.15) is 13.2 Å². The van der Waals surface area contributed by atoms with Gasteiger partial charge in [0.25, 0.3) is 0 Å². The van der Waals surface area contributed by atoms with Gasteiger partial charge >= 0.3 is 12.1 Å². The van der Waals surface area contributed by atoms with Crippen molar-refractivity contribution in [1.82, 2.24) is 0 Å². The molecule has 8 heteroatoms. The Morgan fingerprint density at radius 3 is 2.57 bits per heavy atom. The molecule has 0 fully saturated rings. The number of esters is 1. The van der Waals surface area contributed by atoms with Crippen LogP contribution in [0.5, 0.6) is 0 Å². The van der Waals surface area contributed by atoms with Crippen molar-refractivity contribution in [2.75, 3.05) is 13.2 Å².